The second-order valence-electron chi connectivity index (χ2n) is 5.25. The van der Waals surface area contributed by atoms with Crippen LogP contribution in [0, 0.1) is 6.92 Å². The number of aromatic nitrogens is 2. The zero-order valence-corrected chi connectivity index (χ0v) is 14.1. The number of para-hydroxylation sites is 2. The second-order valence-corrected chi connectivity index (χ2v) is 5.61. The van der Waals surface area contributed by atoms with Crippen LogP contribution in [0.5, 0.6) is 5.75 Å². The van der Waals surface area contributed by atoms with E-state index < -0.39 is 5.91 Å². The zero-order valence-electron chi connectivity index (χ0n) is 13.3. The third-order valence-corrected chi connectivity index (χ3v) is 3.92. The Morgan fingerprint density at radius 2 is 1.88 bits per heavy atom. The van der Waals surface area contributed by atoms with Crippen LogP contribution in [0.2, 0.25) is 5.15 Å². The SMILES string of the molecule is Cc1nn(-c2ccccc2)c(Cl)c1/C=N\NC(=O)c1ccccc1O. The lowest BCUT2D eigenvalue weighted by Gasteiger charge is -2.02. The third-order valence-electron chi connectivity index (χ3n) is 3.56. The number of halogens is 1. The highest BCUT2D eigenvalue weighted by Crippen LogP contribution is 2.22. The van der Waals surface area contributed by atoms with Gasteiger partial charge in [-0.05, 0) is 31.2 Å². The number of nitrogens with one attached hydrogen (secondary N) is 1. The maximum absolute atomic E-state index is 12.0. The molecule has 2 aromatic carbocycles. The summed E-state index contributed by atoms with van der Waals surface area (Å²) >= 11 is 6.38. The molecule has 0 aliphatic carbocycles. The fraction of sp³-hybridized carbons (Fsp3) is 0.0556. The highest BCUT2D eigenvalue weighted by molar-refractivity contribution is 6.32. The number of rotatable bonds is 4. The number of hydrogen-bond acceptors (Lipinski definition) is 4. The van der Waals surface area contributed by atoms with Crippen LogP contribution in [0.25, 0.3) is 5.69 Å². The van der Waals surface area contributed by atoms with E-state index >= 15 is 0 Å². The predicted octanol–water partition coefficient (Wildman–Crippen LogP) is 3.30. The first-order valence-corrected chi connectivity index (χ1v) is 7.87. The predicted molar refractivity (Wildman–Crippen MR) is 96.5 cm³/mol. The Hall–Kier alpha value is -3.12. The van der Waals surface area contributed by atoms with Crippen molar-refractivity contribution in [1.82, 2.24) is 15.2 Å². The fourth-order valence-corrected chi connectivity index (χ4v) is 2.60. The molecule has 0 atom stereocenters. The summed E-state index contributed by atoms with van der Waals surface area (Å²) < 4.78 is 1.60. The number of carbonyl (C=O) groups is 1. The van der Waals surface area contributed by atoms with Gasteiger partial charge in [-0.3, -0.25) is 4.79 Å². The smallest absolute Gasteiger partial charge is 0.275 e. The van der Waals surface area contributed by atoms with Gasteiger partial charge in [-0.25, -0.2) is 10.1 Å². The lowest BCUT2D eigenvalue weighted by molar-refractivity contribution is 0.0952. The number of phenolic OH excluding ortho intramolecular Hbond substituents is 1. The number of phenols is 1. The summed E-state index contributed by atoms with van der Waals surface area (Å²) in [5, 5.41) is 18.4. The summed E-state index contributed by atoms with van der Waals surface area (Å²) in [4.78, 5) is 12.0. The molecule has 0 fully saturated rings. The fourth-order valence-electron chi connectivity index (χ4n) is 2.28. The van der Waals surface area contributed by atoms with Crippen LogP contribution >= 0.6 is 11.6 Å². The molecule has 1 amide bonds. The van der Waals surface area contributed by atoms with E-state index in [-0.39, 0.29) is 11.3 Å². The molecule has 6 nitrogen and oxygen atoms in total. The minimum atomic E-state index is -0.515. The summed E-state index contributed by atoms with van der Waals surface area (Å²) in [5.41, 5.74) is 4.61. The van der Waals surface area contributed by atoms with Crippen molar-refractivity contribution in [3.8, 4) is 11.4 Å². The van der Waals surface area contributed by atoms with Crippen LogP contribution in [0.3, 0.4) is 0 Å². The molecule has 126 valence electrons. The number of aryl methyl sites for hydroxylation is 1. The zero-order chi connectivity index (χ0) is 17.8. The molecule has 0 radical (unpaired) electrons. The molecule has 0 saturated carbocycles. The van der Waals surface area contributed by atoms with Gasteiger partial charge in [0, 0.05) is 0 Å². The molecule has 7 heteroatoms. The number of nitrogens with zero attached hydrogens (tertiary/aromatic N) is 3. The van der Waals surface area contributed by atoms with E-state index in [1.807, 2.05) is 30.3 Å². The summed E-state index contributed by atoms with van der Waals surface area (Å²) in [6.07, 6.45) is 1.43. The molecule has 0 spiro atoms. The first-order valence-electron chi connectivity index (χ1n) is 7.50. The van der Waals surface area contributed by atoms with Crippen LogP contribution in [0.15, 0.2) is 59.7 Å². The Kier molecular flexibility index (Phi) is 4.81. The average Bonchev–Trinajstić information content (AvgIpc) is 2.91. The highest BCUT2D eigenvalue weighted by atomic mass is 35.5. The van der Waals surface area contributed by atoms with Gasteiger partial charge in [0.25, 0.3) is 5.91 Å². The van der Waals surface area contributed by atoms with Gasteiger partial charge in [-0.1, -0.05) is 41.9 Å². The lowest BCUT2D eigenvalue weighted by Crippen LogP contribution is -2.17. The van der Waals surface area contributed by atoms with Gasteiger partial charge in [0.05, 0.1) is 28.7 Å². The molecule has 3 rings (SSSR count). The van der Waals surface area contributed by atoms with Crippen molar-refractivity contribution in [3.63, 3.8) is 0 Å². The summed E-state index contributed by atoms with van der Waals surface area (Å²) in [7, 11) is 0. The number of hydrogen-bond donors (Lipinski definition) is 2. The molecule has 0 aliphatic rings. The normalized spacial score (nSPS) is 11.0. The number of carbonyl (C=O) groups excluding carboxylic acids is 1. The van der Waals surface area contributed by atoms with Gasteiger partial charge >= 0.3 is 0 Å². The van der Waals surface area contributed by atoms with Gasteiger partial charge in [0.1, 0.15) is 10.9 Å². The Morgan fingerprint density at radius 3 is 2.60 bits per heavy atom. The monoisotopic (exact) mass is 354 g/mol. The first kappa shape index (κ1) is 16.7. The molecule has 3 aromatic rings. The van der Waals surface area contributed by atoms with Crippen LogP contribution in [0.1, 0.15) is 21.6 Å². The van der Waals surface area contributed by atoms with Crippen molar-refractivity contribution < 1.29 is 9.90 Å². The number of amides is 1. The molecule has 0 bridgehead atoms. The van der Waals surface area contributed by atoms with Gasteiger partial charge < -0.3 is 5.11 Å². The quantitative estimate of drug-likeness (QED) is 0.557. The molecule has 1 heterocycles. The minimum absolute atomic E-state index is 0.110. The van der Waals surface area contributed by atoms with E-state index in [0.29, 0.717) is 16.4 Å². The van der Waals surface area contributed by atoms with Crippen LogP contribution in [-0.4, -0.2) is 27.0 Å². The van der Waals surface area contributed by atoms with Crippen molar-refractivity contribution in [2.45, 2.75) is 6.92 Å². The van der Waals surface area contributed by atoms with E-state index in [4.69, 9.17) is 11.6 Å². The van der Waals surface area contributed by atoms with Crippen molar-refractivity contribution in [2.24, 2.45) is 5.10 Å². The van der Waals surface area contributed by atoms with Crippen molar-refractivity contribution in [2.75, 3.05) is 0 Å². The van der Waals surface area contributed by atoms with E-state index in [1.165, 1.54) is 18.3 Å². The van der Waals surface area contributed by atoms with Crippen LogP contribution < -0.4 is 5.43 Å². The van der Waals surface area contributed by atoms with Gasteiger partial charge in [-0.2, -0.15) is 10.2 Å². The van der Waals surface area contributed by atoms with Crippen LogP contribution in [-0.2, 0) is 0 Å². The molecule has 1 aromatic heterocycles. The summed E-state index contributed by atoms with van der Waals surface area (Å²) in [5.74, 6) is -0.625. The Balaban J connectivity index is 1.80. The lowest BCUT2D eigenvalue weighted by atomic mass is 10.2. The second kappa shape index (κ2) is 7.19. The van der Waals surface area contributed by atoms with Crippen molar-refractivity contribution >= 4 is 23.7 Å². The maximum Gasteiger partial charge on any atom is 0.275 e. The number of hydrazone groups is 1. The molecular formula is C18H15ClN4O2. The highest BCUT2D eigenvalue weighted by Gasteiger charge is 2.13. The van der Waals surface area contributed by atoms with Gasteiger partial charge in [0.15, 0.2) is 0 Å². The molecule has 0 saturated heterocycles. The number of aromatic hydroxyl groups is 1. The van der Waals surface area contributed by atoms with E-state index in [9.17, 15) is 9.90 Å². The van der Waals surface area contributed by atoms with Gasteiger partial charge in [-0.15, -0.1) is 0 Å². The van der Waals surface area contributed by atoms with Crippen LogP contribution in [0.4, 0.5) is 0 Å². The standard InChI is InChI=1S/C18H15ClN4O2/c1-12-15(17(19)23(22-12)13-7-3-2-4-8-13)11-20-21-18(25)14-9-5-6-10-16(14)24/h2-11,24H,1H3,(H,21,25)/b20-11-. The molecule has 0 aliphatic heterocycles. The largest absolute Gasteiger partial charge is 0.507 e. The maximum atomic E-state index is 12.0. The van der Waals surface area contributed by atoms with Gasteiger partial charge in [0.2, 0.25) is 0 Å². The minimum Gasteiger partial charge on any atom is -0.507 e. The van der Waals surface area contributed by atoms with E-state index in [2.05, 4.69) is 15.6 Å². The first-order chi connectivity index (χ1) is 12.1. The molecule has 2 N–H and O–H groups in total. The third kappa shape index (κ3) is 3.54. The molecule has 25 heavy (non-hydrogen) atoms. The summed E-state index contributed by atoms with van der Waals surface area (Å²) in [6, 6.07) is 15.7. The Morgan fingerprint density at radius 1 is 1.20 bits per heavy atom. The van der Waals surface area contributed by atoms with E-state index in [0.717, 1.165) is 5.69 Å². The Bertz CT molecular complexity index is 936. The van der Waals surface area contributed by atoms with Crippen molar-refractivity contribution in [3.05, 3.63) is 76.6 Å². The summed E-state index contributed by atoms with van der Waals surface area (Å²) in [6.45, 7) is 1.80. The Labute approximate surface area is 149 Å². The topological polar surface area (TPSA) is 79.5 Å². The molecular weight excluding hydrogens is 340 g/mol. The van der Waals surface area contributed by atoms with Crippen molar-refractivity contribution in [1.29, 1.82) is 0 Å². The molecule has 0 unspecified atom stereocenters. The van der Waals surface area contributed by atoms with E-state index in [1.54, 1.807) is 23.7 Å². The average molecular weight is 355 g/mol. The number of benzene rings is 2.